The van der Waals surface area contributed by atoms with Crippen LogP contribution in [0.15, 0.2) is 41.8 Å². The van der Waals surface area contributed by atoms with Crippen molar-refractivity contribution in [3.63, 3.8) is 0 Å². The highest BCUT2D eigenvalue weighted by Crippen LogP contribution is 2.42. The van der Waals surface area contributed by atoms with E-state index in [4.69, 9.17) is 0 Å². The molecule has 0 atom stereocenters. The fourth-order valence-corrected chi connectivity index (χ4v) is 4.49. The molecule has 1 heterocycles. The molecular formula is C20H23FN2O2S. The highest BCUT2D eigenvalue weighted by molar-refractivity contribution is 7.10. The standard InChI is InChI=1S/C20H23FN2O2S/c21-16-7-5-15(6-8-16)12-18(24)22-13-19(25)23-14-20(9-1-2-10-20)17-4-3-11-26-17/h3-8,11H,1-2,9-10,12-14H2,(H,22,24)(H,23,25). The van der Waals surface area contributed by atoms with Crippen molar-refractivity contribution in [1.82, 2.24) is 10.6 Å². The Bertz CT molecular complexity index is 738. The molecule has 0 spiro atoms. The number of halogens is 1. The summed E-state index contributed by atoms with van der Waals surface area (Å²) in [6, 6.07) is 9.98. The number of benzene rings is 1. The first-order valence-electron chi connectivity index (χ1n) is 8.89. The summed E-state index contributed by atoms with van der Waals surface area (Å²) in [4.78, 5) is 25.4. The molecule has 3 rings (SSSR count). The Morgan fingerprint density at radius 2 is 1.77 bits per heavy atom. The van der Waals surface area contributed by atoms with Gasteiger partial charge in [0.15, 0.2) is 0 Å². The van der Waals surface area contributed by atoms with Crippen molar-refractivity contribution in [2.45, 2.75) is 37.5 Å². The molecule has 2 aromatic rings. The highest BCUT2D eigenvalue weighted by atomic mass is 32.1. The van der Waals surface area contributed by atoms with Crippen LogP contribution < -0.4 is 10.6 Å². The van der Waals surface area contributed by atoms with Gasteiger partial charge >= 0.3 is 0 Å². The maximum atomic E-state index is 12.9. The fraction of sp³-hybridized carbons (Fsp3) is 0.400. The summed E-state index contributed by atoms with van der Waals surface area (Å²) >= 11 is 1.74. The van der Waals surface area contributed by atoms with E-state index in [9.17, 15) is 14.0 Å². The molecule has 0 radical (unpaired) electrons. The van der Waals surface area contributed by atoms with Crippen LogP contribution in [0.25, 0.3) is 0 Å². The maximum Gasteiger partial charge on any atom is 0.239 e. The van der Waals surface area contributed by atoms with E-state index in [1.54, 1.807) is 23.5 Å². The third kappa shape index (κ3) is 4.69. The Hall–Kier alpha value is -2.21. The van der Waals surface area contributed by atoms with Crippen LogP contribution in [-0.2, 0) is 21.4 Å². The molecule has 0 bridgehead atoms. The number of nitrogens with one attached hydrogen (secondary N) is 2. The highest BCUT2D eigenvalue weighted by Gasteiger charge is 2.36. The zero-order chi connectivity index (χ0) is 18.4. The van der Waals surface area contributed by atoms with Crippen LogP contribution in [0.1, 0.15) is 36.1 Å². The van der Waals surface area contributed by atoms with Gasteiger partial charge < -0.3 is 10.6 Å². The van der Waals surface area contributed by atoms with Gasteiger partial charge in [-0.1, -0.05) is 31.0 Å². The van der Waals surface area contributed by atoms with Crippen molar-refractivity contribution in [1.29, 1.82) is 0 Å². The number of carbonyl (C=O) groups excluding carboxylic acids is 2. The zero-order valence-corrected chi connectivity index (χ0v) is 15.4. The van der Waals surface area contributed by atoms with E-state index in [0.29, 0.717) is 12.1 Å². The minimum Gasteiger partial charge on any atom is -0.354 e. The SMILES string of the molecule is O=C(CNC(=O)Cc1ccc(F)cc1)NCC1(c2cccs2)CCCC1. The predicted octanol–water partition coefficient (Wildman–Crippen LogP) is 3.17. The van der Waals surface area contributed by atoms with Gasteiger partial charge in [0.2, 0.25) is 11.8 Å². The predicted molar refractivity (Wildman–Crippen MR) is 101 cm³/mol. The van der Waals surface area contributed by atoms with E-state index >= 15 is 0 Å². The van der Waals surface area contributed by atoms with Crippen LogP contribution in [0.4, 0.5) is 4.39 Å². The van der Waals surface area contributed by atoms with Gasteiger partial charge in [-0.15, -0.1) is 11.3 Å². The molecule has 1 aromatic carbocycles. The summed E-state index contributed by atoms with van der Waals surface area (Å²) in [6.45, 7) is 0.570. The number of thiophene rings is 1. The van der Waals surface area contributed by atoms with Gasteiger partial charge in [0.25, 0.3) is 0 Å². The molecule has 6 heteroatoms. The van der Waals surface area contributed by atoms with Crippen LogP contribution in [0, 0.1) is 5.82 Å². The molecule has 0 unspecified atom stereocenters. The summed E-state index contributed by atoms with van der Waals surface area (Å²) in [7, 11) is 0. The molecule has 1 aromatic heterocycles. The van der Waals surface area contributed by atoms with E-state index in [1.807, 2.05) is 0 Å². The van der Waals surface area contributed by atoms with Gasteiger partial charge in [0, 0.05) is 16.8 Å². The van der Waals surface area contributed by atoms with Crippen molar-refractivity contribution in [2.24, 2.45) is 0 Å². The lowest BCUT2D eigenvalue weighted by atomic mass is 9.84. The molecule has 0 saturated heterocycles. The van der Waals surface area contributed by atoms with E-state index in [2.05, 4.69) is 28.1 Å². The second-order valence-electron chi connectivity index (χ2n) is 6.82. The molecule has 2 N–H and O–H groups in total. The zero-order valence-electron chi connectivity index (χ0n) is 14.6. The van der Waals surface area contributed by atoms with Crippen molar-refractivity contribution in [3.05, 3.63) is 58.0 Å². The second kappa shape index (κ2) is 8.45. The molecule has 0 aliphatic heterocycles. The molecular weight excluding hydrogens is 351 g/mol. The molecule has 1 aliphatic carbocycles. The van der Waals surface area contributed by atoms with Crippen molar-refractivity contribution in [3.8, 4) is 0 Å². The van der Waals surface area contributed by atoms with Crippen LogP contribution in [0.3, 0.4) is 0 Å². The van der Waals surface area contributed by atoms with Crippen molar-refractivity contribution < 1.29 is 14.0 Å². The molecule has 2 amide bonds. The third-order valence-electron chi connectivity index (χ3n) is 4.95. The summed E-state index contributed by atoms with van der Waals surface area (Å²) in [5.41, 5.74) is 0.758. The van der Waals surface area contributed by atoms with E-state index in [-0.39, 0.29) is 36.0 Å². The van der Waals surface area contributed by atoms with Crippen molar-refractivity contribution in [2.75, 3.05) is 13.1 Å². The summed E-state index contributed by atoms with van der Waals surface area (Å²) in [6.07, 6.45) is 4.67. The van der Waals surface area contributed by atoms with Crippen LogP contribution in [-0.4, -0.2) is 24.9 Å². The van der Waals surface area contributed by atoms with Gasteiger partial charge in [0.1, 0.15) is 5.82 Å². The summed E-state index contributed by atoms with van der Waals surface area (Å²) in [5.74, 6) is -0.763. The molecule has 26 heavy (non-hydrogen) atoms. The lowest BCUT2D eigenvalue weighted by Gasteiger charge is -2.28. The normalized spacial score (nSPS) is 15.6. The fourth-order valence-electron chi connectivity index (χ4n) is 3.50. The minimum absolute atomic E-state index is 0.0411. The first-order chi connectivity index (χ1) is 12.6. The number of rotatable bonds is 7. The molecule has 138 valence electrons. The van der Waals surface area contributed by atoms with Crippen LogP contribution in [0.5, 0.6) is 0 Å². The molecule has 1 aliphatic rings. The van der Waals surface area contributed by atoms with Crippen molar-refractivity contribution >= 4 is 23.2 Å². The molecule has 1 fully saturated rings. The average molecular weight is 374 g/mol. The van der Waals surface area contributed by atoms with E-state index < -0.39 is 0 Å². The lowest BCUT2D eigenvalue weighted by molar-refractivity contribution is -0.125. The maximum absolute atomic E-state index is 12.9. The molecule has 1 saturated carbocycles. The lowest BCUT2D eigenvalue weighted by Crippen LogP contribution is -2.43. The van der Waals surface area contributed by atoms with Gasteiger partial charge in [-0.25, -0.2) is 4.39 Å². The Morgan fingerprint density at radius 3 is 2.42 bits per heavy atom. The Balaban J connectivity index is 1.45. The topological polar surface area (TPSA) is 58.2 Å². The smallest absolute Gasteiger partial charge is 0.239 e. The second-order valence-corrected chi connectivity index (χ2v) is 7.77. The number of hydrogen-bond donors (Lipinski definition) is 2. The number of carbonyl (C=O) groups is 2. The van der Waals surface area contributed by atoms with Gasteiger partial charge in [-0.05, 0) is 42.0 Å². The van der Waals surface area contributed by atoms with E-state index in [0.717, 1.165) is 12.8 Å². The summed E-state index contributed by atoms with van der Waals surface area (Å²) < 4.78 is 12.9. The number of amides is 2. The largest absolute Gasteiger partial charge is 0.354 e. The average Bonchev–Trinajstić information content (AvgIpc) is 3.32. The first-order valence-corrected chi connectivity index (χ1v) is 9.77. The first kappa shape index (κ1) is 18.6. The van der Waals surface area contributed by atoms with Crippen LogP contribution in [0.2, 0.25) is 0 Å². The Labute approximate surface area is 156 Å². The quantitative estimate of drug-likeness (QED) is 0.782. The summed E-state index contributed by atoms with van der Waals surface area (Å²) in [5, 5.41) is 7.69. The van der Waals surface area contributed by atoms with Gasteiger partial charge in [-0.2, -0.15) is 0 Å². The van der Waals surface area contributed by atoms with Crippen LogP contribution >= 0.6 is 11.3 Å². The third-order valence-corrected chi connectivity index (χ3v) is 6.07. The molecule has 4 nitrogen and oxygen atoms in total. The minimum atomic E-state index is -0.333. The monoisotopic (exact) mass is 374 g/mol. The van der Waals surface area contributed by atoms with E-state index in [1.165, 1.54) is 29.9 Å². The Kier molecular flexibility index (Phi) is 6.04. The van der Waals surface area contributed by atoms with Gasteiger partial charge in [0.05, 0.1) is 13.0 Å². The Morgan fingerprint density at radius 1 is 1.04 bits per heavy atom. The van der Waals surface area contributed by atoms with Gasteiger partial charge in [-0.3, -0.25) is 9.59 Å². The number of hydrogen-bond acceptors (Lipinski definition) is 3.